The number of carbonyl (C=O) groups is 1. The van der Waals surface area contributed by atoms with Crippen molar-refractivity contribution in [3.05, 3.63) is 0 Å². The molecule has 46 valence electrons. The topological polar surface area (TPSA) is 29.1 Å². The Hall–Kier alpha value is -0.370. The molecule has 0 bridgehead atoms. The summed E-state index contributed by atoms with van der Waals surface area (Å²) in [7, 11) is 0. The lowest BCUT2D eigenvalue weighted by Gasteiger charge is -2.02. The second-order valence-electron chi connectivity index (χ2n) is 2.44. The van der Waals surface area contributed by atoms with E-state index in [-0.39, 0.29) is 5.92 Å². The molecule has 1 aliphatic rings. The minimum Gasteiger partial charge on any atom is -0.316 e. The largest absolute Gasteiger partial charge is 0.316 e. The van der Waals surface area contributed by atoms with Gasteiger partial charge in [0.1, 0.15) is 6.29 Å². The molecule has 0 amide bonds. The van der Waals surface area contributed by atoms with E-state index in [1.807, 2.05) is 0 Å². The van der Waals surface area contributed by atoms with Gasteiger partial charge in [-0.1, -0.05) is 6.92 Å². The highest BCUT2D eigenvalue weighted by Crippen LogP contribution is 2.11. The Morgan fingerprint density at radius 3 is 2.62 bits per heavy atom. The number of nitrogens with one attached hydrogen (secondary N) is 1. The van der Waals surface area contributed by atoms with Crippen LogP contribution in [-0.4, -0.2) is 19.4 Å². The van der Waals surface area contributed by atoms with Gasteiger partial charge in [0.2, 0.25) is 0 Å². The van der Waals surface area contributed by atoms with Crippen molar-refractivity contribution in [1.29, 1.82) is 0 Å². The van der Waals surface area contributed by atoms with E-state index in [0.717, 1.165) is 19.4 Å². The molecule has 1 heterocycles. The van der Waals surface area contributed by atoms with Crippen LogP contribution in [0.3, 0.4) is 0 Å². The van der Waals surface area contributed by atoms with Crippen LogP contribution in [-0.2, 0) is 4.79 Å². The van der Waals surface area contributed by atoms with Crippen LogP contribution in [0.25, 0.3) is 0 Å². The third kappa shape index (κ3) is 0.892. The van der Waals surface area contributed by atoms with Gasteiger partial charge in [0, 0.05) is 12.5 Å². The van der Waals surface area contributed by atoms with Crippen LogP contribution in [0.5, 0.6) is 0 Å². The zero-order valence-electron chi connectivity index (χ0n) is 5.05. The van der Waals surface area contributed by atoms with E-state index in [1.54, 1.807) is 0 Å². The predicted molar refractivity (Wildman–Crippen MR) is 31.6 cm³/mol. The summed E-state index contributed by atoms with van der Waals surface area (Å²) in [5.74, 6) is 0.822. The van der Waals surface area contributed by atoms with E-state index >= 15 is 0 Å². The molecule has 1 saturated heterocycles. The van der Waals surface area contributed by atoms with E-state index in [1.165, 1.54) is 0 Å². The standard InChI is InChI=1S/C6H11NO/c1-5-2-7-3-6(5)4-8/h4-7H,2-3H2,1H3. The average Bonchev–Trinajstić information content (AvgIpc) is 2.14. The Bertz CT molecular complexity index is 92.5. The second-order valence-corrected chi connectivity index (χ2v) is 2.44. The van der Waals surface area contributed by atoms with Gasteiger partial charge in [-0.15, -0.1) is 0 Å². The monoisotopic (exact) mass is 113 g/mol. The summed E-state index contributed by atoms with van der Waals surface area (Å²) in [4.78, 5) is 10.2. The summed E-state index contributed by atoms with van der Waals surface area (Å²) in [6.45, 7) is 3.98. The first-order chi connectivity index (χ1) is 3.84. The van der Waals surface area contributed by atoms with Gasteiger partial charge in [-0.2, -0.15) is 0 Å². The number of hydrogen-bond donors (Lipinski definition) is 1. The van der Waals surface area contributed by atoms with Gasteiger partial charge in [-0.05, 0) is 12.5 Å². The first kappa shape index (κ1) is 5.76. The van der Waals surface area contributed by atoms with Gasteiger partial charge in [0.25, 0.3) is 0 Å². The number of hydrogen-bond acceptors (Lipinski definition) is 2. The van der Waals surface area contributed by atoms with Crippen LogP contribution in [0.15, 0.2) is 0 Å². The van der Waals surface area contributed by atoms with Crippen molar-refractivity contribution in [2.45, 2.75) is 6.92 Å². The van der Waals surface area contributed by atoms with Crippen molar-refractivity contribution < 1.29 is 4.79 Å². The van der Waals surface area contributed by atoms with Gasteiger partial charge in [-0.25, -0.2) is 0 Å². The summed E-state index contributed by atoms with van der Waals surface area (Å²) in [6.07, 6.45) is 1.05. The van der Waals surface area contributed by atoms with Gasteiger partial charge in [-0.3, -0.25) is 0 Å². The van der Waals surface area contributed by atoms with Gasteiger partial charge < -0.3 is 10.1 Å². The van der Waals surface area contributed by atoms with E-state index in [2.05, 4.69) is 12.2 Å². The molecule has 0 aromatic heterocycles. The Morgan fingerprint density at radius 1 is 1.62 bits per heavy atom. The summed E-state index contributed by atoms with van der Waals surface area (Å²) >= 11 is 0. The fourth-order valence-corrected chi connectivity index (χ4v) is 1.01. The molecule has 1 aliphatic heterocycles. The minimum absolute atomic E-state index is 0.273. The molecule has 1 fully saturated rings. The van der Waals surface area contributed by atoms with Crippen molar-refractivity contribution in [1.82, 2.24) is 5.32 Å². The highest BCUT2D eigenvalue weighted by atomic mass is 16.1. The van der Waals surface area contributed by atoms with E-state index < -0.39 is 0 Å². The van der Waals surface area contributed by atoms with Crippen LogP contribution < -0.4 is 5.32 Å². The Morgan fingerprint density at radius 2 is 2.38 bits per heavy atom. The molecule has 0 aromatic carbocycles. The molecule has 2 nitrogen and oxygen atoms in total. The fraction of sp³-hybridized carbons (Fsp3) is 0.833. The fourth-order valence-electron chi connectivity index (χ4n) is 1.01. The lowest BCUT2D eigenvalue weighted by atomic mass is 10.0. The zero-order chi connectivity index (χ0) is 5.98. The molecule has 1 N–H and O–H groups in total. The maximum absolute atomic E-state index is 10.2. The van der Waals surface area contributed by atoms with Crippen molar-refractivity contribution in [3.63, 3.8) is 0 Å². The molecule has 0 aliphatic carbocycles. The molecule has 2 atom stereocenters. The average molecular weight is 113 g/mol. The van der Waals surface area contributed by atoms with Gasteiger partial charge in [0.05, 0.1) is 0 Å². The molecular formula is C6H11NO. The lowest BCUT2D eigenvalue weighted by Crippen LogP contribution is -2.10. The van der Waals surface area contributed by atoms with Crippen LogP contribution in [0, 0.1) is 11.8 Å². The molecule has 0 saturated carbocycles. The van der Waals surface area contributed by atoms with Gasteiger partial charge in [0.15, 0.2) is 0 Å². The van der Waals surface area contributed by atoms with E-state index in [9.17, 15) is 4.79 Å². The first-order valence-electron chi connectivity index (χ1n) is 3.00. The highest BCUT2D eigenvalue weighted by Gasteiger charge is 2.21. The summed E-state index contributed by atoms with van der Waals surface area (Å²) in [6, 6.07) is 0. The molecule has 2 heteroatoms. The molecular weight excluding hydrogens is 102 g/mol. The first-order valence-corrected chi connectivity index (χ1v) is 3.00. The summed E-state index contributed by atoms with van der Waals surface area (Å²) < 4.78 is 0. The number of carbonyl (C=O) groups excluding carboxylic acids is 1. The van der Waals surface area contributed by atoms with E-state index in [0.29, 0.717) is 5.92 Å². The molecule has 0 radical (unpaired) electrons. The van der Waals surface area contributed by atoms with Crippen LogP contribution in [0.1, 0.15) is 6.92 Å². The lowest BCUT2D eigenvalue weighted by molar-refractivity contribution is -0.111. The van der Waals surface area contributed by atoms with Crippen molar-refractivity contribution >= 4 is 6.29 Å². The molecule has 1 rings (SSSR count). The third-order valence-electron chi connectivity index (χ3n) is 1.75. The molecule has 0 aromatic rings. The van der Waals surface area contributed by atoms with E-state index in [4.69, 9.17) is 0 Å². The zero-order valence-corrected chi connectivity index (χ0v) is 5.05. The summed E-state index contributed by atoms with van der Waals surface area (Å²) in [5.41, 5.74) is 0. The maximum Gasteiger partial charge on any atom is 0.124 e. The maximum atomic E-state index is 10.2. The normalized spacial score (nSPS) is 37.6. The molecule has 2 unspecified atom stereocenters. The van der Waals surface area contributed by atoms with Crippen molar-refractivity contribution in [2.75, 3.05) is 13.1 Å². The Labute approximate surface area is 49.3 Å². The van der Waals surface area contributed by atoms with Crippen LogP contribution in [0.2, 0.25) is 0 Å². The van der Waals surface area contributed by atoms with Gasteiger partial charge >= 0.3 is 0 Å². The minimum atomic E-state index is 0.273. The predicted octanol–water partition coefficient (Wildman–Crippen LogP) is 0.0408. The SMILES string of the molecule is CC1CNCC1C=O. The number of aldehydes is 1. The van der Waals surface area contributed by atoms with Crippen molar-refractivity contribution in [3.8, 4) is 0 Å². The summed E-state index contributed by atoms with van der Waals surface area (Å²) in [5, 5.41) is 3.14. The smallest absolute Gasteiger partial charge is 0.124 e. The quantitative estimate of drug-likeness (QED) is 0.486. The highest BCUT2D eigenvalue weighted by molar-refractivity contribution is 5.54. The number of rotatable bonds is 1. The second kappa shape index (κ2) is 2.27. The van der Waals surface area contributed by atoms with Crippen molar-refractivity contribution in [2.24, 2.45) is 11.8 Å². The Balaban J connectivity index is 2.41. The Kier molecular flexibility index (Phi) is 1.63. The molecule has 0 spiro atoms. The van der Waals surface area contributed by atoms with Crippen LogP contribution in [0.4, 0.5) is 0 Å². The van der Waals surface area contributed by atoms with Crippen LogP contribution >= 0.6 is 0 Å². The third-order valence-corrected chi connectivity index (χ3v) is 1.75. The molecule has 8 heavy (non-hydrogen) atoms.